The molecule has 14 nitrogen and oxygen atoms in total. The first kappa shape index (κ1) is 30.1. The molecule has 0 saturated carbocycles. The molecule has 3 aromatic rings. The third kappa shape index (κ3) is 5.65. The standard InChI is InChI=1S/C30H32N8O6/c1-16(2)19-8-7-17(15-35-19)28(42)37(24(27(41)31-3)25-33-11-12-34-25)14-13-32-20-6-4-5-18-23(20)30(44)38(29(18)43)21-9-10-22(39)36-26(21)40/h4-8,11-12,15-16,21,24,32H,9-10,13-14H2,1-3H3,(H,31,41)(H,33,34)(H,36,39,40). The van der Waals surface area contributed by atoms with E-state index < -0.39 is 47.5 Å². The molecule has 1 saturated heterocycles. The van der Waals surface area contributed by atoms with Gasteiger partial charge in [-0.25, -0.2) is 4.98 Å². The highest BCUT2D eigenvalue weighted by Gasteiger charge is 2.45. The van der Waals surface area contributed by atoms with E-state index in [9.17, 15) is 28.8 Å². The zero-order valence-electron chi connectivity index (χ0n) is 24.4. The molecule has 44 heavy (non-hydrogen) atoms. The fourth-order valence-electron chi connectivity index (χ4n) is 5.34. The number of hydrogen-bond donors (Lipinski definition) is 4. The highest BCUT2D eigenvalue weighted by molar-refractivity contribution is 6.25. The van der Waals surface area contributed by atoms with Crippen molar-refractivity contribution in [3.05, 3.63) is 77.1 Å². The Morgan fingerprint density at radius 1 is 1.09 bits per heavy atom. The second-order valence-electron chi connectivity index (χ2n) is 10.7. The summed E-state index contributed by atoms with van der Waals surface area (Å²) in [6, 6.07) is 5.92. The first-order valence-electron chi connectivity index (χ1n) is 14.2. The number of piperidine rings is 1. The Kier molecular flexibility index (Phi) is 8.51. The minimum Gasteiger partial charge on any atom is -0.383 e. The van der Waals surface area contributed by atoms with E-state index >= 15 is 0 Å². The number of nitrogens with zero attached hydrogens (tertiary/aromatic N) is 4. The summed E-state index contributed by atoms with van der Waals surface area (Å²) in [5, 5.41) is 7.90. The van der Waals surface area contributed by atoms with Gasteiger partial charge < -0.3 is 20.5 Å². The van der Waals surface area contributed by atoms with Crippen molar-refractivity contribution in [2.24, 2.45) is 0 Å². The highest BCUT2D eigenvalue weighted by atomic mass is 16.2. The van der Waals surface area contributed by atoms with E-state index in [1.807, 2.05) is 13.8 Å². The number of pyridine rings is 1. The molecule has 6 amide bonds. The Bertz CT molecular complexity index is 1620. The third-order valence-electron chi connectivity index (χ3n) is 7.61. The number of imide groups is 2. The Labute approximate surface area is 252 Å². The van der Waals surface area contributed by atoms with E-state index in [-0.39, 0.29) is 54.4 Å². The number of carbonyl (C=O) groups is 6. The second-order valence-corrected chi connectivity index (χ2v) is 10.7. The molecule has 14 heteroatoms. The van der Waals surface area contributed by atoms with Gasteiger partial charge >= 0.3 is 0 Å². The molecule has 1 fully saturated rings. The van der Waals surface area contributed by atoms with Crippen LogP contribution in [0.4, 0.5) is 5.69 Å². The highest BCUT2D eigenvalue weighted by Crippen LogP contribution is 2.32. The number of imidazole rings is 1. The molecule has 2 atom stereocenters. The molecular weight excluding hydrogens is 568 g/mol. The smallest absolute Gasteiger partial charge is 0.264 e. The lowest BCUT2D eigenvalue weighted by Gasteiger charge is -2.30. The molecule has 2 aliphatic rings. The molecule has 0 spiro atoms. The van der Waals surface area contributed by atoms with E-state index in [4.69, 9.17) is 0 Å². The van der Waals surface area contributed by atoms with Gasteiger partial charge in [0.1, 0.15) is 11.9 Å². The van der Waals surface area contributed by atoms with Crippen molar-refractivity contribution in [2.75, 3.05) is 25.5 Å². The maximum absolute atomic E-state index is 13.8. The molecule has 0 radical (unpaired) electrons. The maximum Gasteiger partial charge on any atom is 0.264 e. The van der Waals surface area contributed by atoms with Crippen LogP contribution in [0.5, 0.6) is 0 Å². The fourth-order valence-corrected chi connectivity index (χ4v) is 5.34. The van der Waals surface area contributed by atoms with Gasteiger partial charge in [0.15, 0.2) is 6.04 Å². The zero-order chi connectivity index (χ0) is 31.5. The van der Waals surface area contributed by atoms with Crippen LogP contribution in [-0.2, 0) is 14.4 Å². The lowest BCUT2D eigenvalue weighted by atomic mass is 10.0. The van der Waals surface area contributed by atoms with Crippen LogP contribution in [0.2, 0.25) is 0 Å². The van der Waals surface area contributed by atoms with Gasteiger partial charge in [-0.05, 0) is 36.6 Å². The number of anilines is 1. The van der Waals surface area contributed by atoms with Crippen LogP contribution < -0.4 is 16.0 Å². The lowest BCUT2D eigenvalue weighted by Crippen LogP contribution is -2.54. The molecule has 0 aliphatic carbocycles. The Balaban J connectivity index is 1.40. The lowest BCUT2D eigenvalue weighted by molar-refractivity contribution is -0.136. The van der Waals surface area contributed by atoms with Gasteiger partial charge in [-0.1, -0.05) is 19.9 Å². The number of H-pyrrole nitrogens is 1. The van der Waals surface area contributed by atoms with Crippen LogP contribution in [0.1, 0.15) is 81.2 Å². The first-order valence-corrected chi connectivity index (χ1v) is 14.2. The van der Waals surface area contributed by atoms with Crippen LogP contribution >= 0.6 is 0 Å². The molecular formula is C30H32N8O6. The summed E-state index contributed by atoms with van der Waals surface area (Å²) < 4.78 is 0. The molecule has 2 unspecified atom stereocenters. The molecule has 1 aromatic carbocycles. The maximum atomic E-state index is 13.8. The molecule has 2 aromatic heterocycles. The first-order chi connectivity index (χ1) is 21.1. The van der Waals surface area contributed by atoms with Gasteiger partial charge in [-0.2, -0.15) is 0 Å². The predicted molar refractivity (Wildman–Crippen MR) is 156 cm³/mol. The second kappa shape index (κ2) is 12.5. The van der Waals surface area contributed by atoms with Crippen molar-refractivity contribution in [3.63, 3.8) is 0 Å². The number of nitrogens with one attached hydrogen (secondary N) is 4. The number of likely N-dealkylation sites (N-methyl/N-ethyl adjacent to an activating group) is 1. The molecule has 2 aliphatic heterocycles. The third-order valence-corrected chi connectivity index (χ3v) is 7.61. The number of aromatic nitrogens is 3. The molecule has 0 bridgehead atoms. The van der Waals surface area contributed by atoms with Crippen LogP contribution in [0.15, 0.2) is 48.9 Å². The van der Waals surface area contributed by atoms with Gasteiger partial charge in [0, 0.05) is 56.5 Å². The van der Waals surface area contributed by atoms with Crippen molar-refractivity contribution in [2.45, 2.75) is 44.7 Å². The van der Waals surface area contributed by atoms with Crippen LogP contribution in [0.25, 0.3) is 0 Å². The molecule has 4 N–H and O–H groups in total. The van der Waals surface area contributed by atoms with Gasteiger partial charge in [0.2, 0.25) is 17.7 Å². The monoisotopic (exact) mass is 600 g/mol. The van der Waals surface area contributed by atoms with E-state index in [1.54, 1.807) is 30.5 Å². The number of amides is 6. The van der Waals surface area contributed by atoms with Crippen LogP contribution in [0.3, 0.4) is 0 Å². The average molecular weight is 601 g/mol. The van der Waals surface area contributed by atoms with E-state index in [1.165, 1.54) is 30.4 Å². The van der Waals surface area contributed by atoms with Crippen molar-refractivity contribution in [3.8, 4) is 0 Å². The van der Waals surface area contributed by atoms with Gasteiger partial charge in [0.05, 0.1) is 16.7 Å². The summed E-state index contributed by atoms with van der Waals surface area (Å²) in [4.78, 5) is 91.5. The van der Waals surface area contributed by atoms with Gasteiger partial charge in [-0.15, -0.1) is 0 Å². The Hall–Kier alpha value is -5.40. The van der Waals surface area contributed by atoms with E-state index in [0.29, 0.717) is 5.69 Å². The number of rotatable bonds is 10. The van der Waals surface area contributed by atoms with Gasteiger partial charge in [-0.3, -0.25) is 44.0 Å². The topological polar surface area (TPSA) is 187 Å². The minimum atomic E-state index is -1.11. The van der Waals surface area contributed by atoms with Crippen molar-refractivity contribution in [1.29, 1.82) is 0 Å². The van der Waals surface area contributed by atoms with Crippen molar-refractivity contribution in [1.82, 2.24) is 35.4 Å². The van der Waals surface area contributed by atoms with Crippen molar-refractivity contribution >= 4 is 41.1 Å². The van der Waals surface area contributed by atoms with Crippen LogP contribution in [0, 0.1) is 0 Å². The molecule has 228 valence electrons. The Morgan fingerprint density at radius 2 is 1.89 bits per heavy atom. The molecule has 5 rings (SSSR count). The SMILES string of the molecule is CNC(=O)C(c1ncc[nH]1)N(CCNc1cccc2c1C(=O)N(C1CCC(=O)NC1=O)C2=O)C(=O)c1ccc(C(C)C)nc1. The quantitative estimate of drug-likeness (QED) is 0.249. The largest absolute Gasteiger partial charge is 0.383 e. The number of carbonyl (C=O) groups excluding carboxylic acids is 6. The summed E-state index contributed by atoms with van der Waals surface area (Å²) in [6.45, 7) is 4.05. The van der Waals surface area contributed by atoms with Crippen molar-refractivity contribution < 1.29 is 28.8 Å². The van der Waals surface area contributed by atoms with E-state index in [0.717, 1.165) is 10.6 Å². The minimum absolute atomic E-state index is 0.00772. The normalized spacial score (nSPS) is 16.9. The molecule has 4 heterocycles. The summed E-state index contributed by atoms with van der Waals surface area (Å²) in [6.07, 6.45) is 4.55. The summed E-state index contributed by atoms with van der Waals surface area (Å²) in [5.41, 5.74) is 1.61. The number of aromatic amines is 1. The fraction of sp³-hybridized carbons (Fsp3) is 0.333. The van der Waals surface area contributed by atoms with E-state index in [2.05, 4.69) is 30.9 Å². The predicted octanol–water partition coefficient (Wildman–Crippen LogP) is 1.37. The Morgan fingerprint density at radius 3 is 2.52 bits per heavy atom. The summed E-state index contributed by atoms with van der Waals surface area (Å²) in [5.74, 6) is -2.97. The van der Waals surface area contributed by atoms with Crippen LogP contribution in [-0.4, -0.2) is 86.4 Å². The number of fused-ring (bicyclic) bond motifs is 1. The zero-order valence-corrected chi connectivity index (χ0v) is 24.4. The summed E-state index contributed by atoms with van der Waals surface area (Å²) >= 11 is 0. The number of benzene rings is 1. The van der Waals surface area contributed by atoms with Gasteiger partial charge in [0.25, 0.3) is 17.7 Å². The average Bonchev–Trinajstić information content (AvgIpc) is 3.63. The summed E-state index contributed by atoms with van der Waals surface area (Å²) in [7, 11) is 1.46. The number of hydrogen-bond acceptors (Lipinski definition) is 9.